The van der Waals surface area contributed by atoms with Crippen LogP contribution in [-0.2, 0) is 0 Å². The number of halogens is 1. The minimum Gasteiger partial charge on any atom is -0.367 e. The number of rotatable bonds is 3. The standard InChI is InChI=1S/C18H17FN4O2/c19-14-2-1-3-16(13(14)11-20)22-6-8-23(9-7-22)18(24)15-10-17(25-21-15)12-4-5-12/h1-3,10,12H,4-9H2. The third-order valence-electron chi connectivity index (χ3n) is 4.74. The van der Waals surface area contributed by atoms with Crippen LogP contribution in [0.4, 0.5) is 10.1 Å². The highest BCUT2D eigenvalue weighted by atomic mass is 19.1. The Morgan fingerprint density at radius 2 is 2.04 bits per heavy atom. The predicted octanol–water partition coefficient (Wildman–Crippen LogP) is 2.53. The zero-order chi connectivity index (χ0) is 17.4. The Labute approximate surface area is 144 Å². The number of amides is 1. The molecule has 2 aromatic rings. The zero-order valence-electron chi connectivity index (χ0n) is 13.6. The van der Waals surface area contributed by atoms with Crippen molar-refractivity contribution in [2.75, 3.05) is 31.1 Å². The van der Waals surface area contributed by atoms with Crippen LogP contribution in [0, 0.1) is 17.1 Å². The van der Waals surface area contributed by atoms with Crippen LogP contribution < -0.4 is 4.90 Å². The highest BCUT2D eigenvalue weighted by Gasteiger charge is 2.31. The Morgan fingerprint density at radius 3 is 2.72 bits per heavy atom. The third kappa shape index (κ3) is 2.95. The van der Waals surface area contributed by atoms with Gasteiger partial charge in [0.1, 0.15) is 23.2 Å². The zero-order valence-corrected chi connectivity index (χ0v) is 13.6. The van der Waals surface area contributed by atoms with Gasteiger partial charge in [-0.15, -0.1) is 0 Å². The summed E-state index contributed by atoms with van der Waals surface area (Å²) in [4.78, 5) is 16.2. The average molecular weight is 340 g/mol. The van der Waals surface area contributed by atoms with E-state index in [1.807, 2.05) is 11.0 Å². The second-order valence-electron chi connectivity index (χ2n) is 6.41. The van der Waals surface area contributed by atoms with E-state index in [1.165, 1.54) is 6.07 Å². The molecular formula is C18H17FN4O2. The number of carbonyl (C=O) groups excluding carboxylic acids is 1. The molecule has 0 radical (unpaired) electrons. The van der Waals surface area contributed by atoms with E-state index in [4.69, 9.17) is 4.52 Å². The molecule has 128 valence electrons. The van der Waals surface area contributed by atoms with Crippen molar-refractivity contribution < 1.29 is 13.7 Å². The molecule has 6 nitrogen and oxygen atoms in total. The van der Waals surface area contributed by atoms with Crippen molar-refractivity contribution in [2.45, 2.75) is 18.8 Å². The summed E-state index contributed by atoms with van der Waals surface area (Å²) in [6.07, 6.45) is 2.19. The maximum atomic E-state index is 13.8. The lowest BCUT2D eigenvalue weighted by atomic mass is 10.1. The summed E-state index contributed by atoms with van der Waals surface area (Å²) >= 11 is 0. The minimum absolute atomic E-state index is 0.0489. The number of carbonyl (C=O) groups is 1. The lowest BCUT2D eigenvalue weighted by Crippen LogP contribution is -2.49. The lowest BCUT2D eigenvalue weighted by molar-refractivity contribution is 0.0736. The summed E-state index contributed by atoms with van der Waals surface area (Å²) < 4.78 is 19.0. The molecule has 0 spiro atoms. The van der Waals surface area contributed by atoms with Gasteiger partial charge in [-0.1, -0.05) is 11.2 Å². The SMILES string of the molecule is N#Cc1c(F)cccc1N1CCN(C(=O)c2cc(C3CC3)on2)CC1. The molecular weight excluding hydrogens is 323 g/mol. The van der Waals surface area contributed by atoms with Gasteiger partial charge < -0.3 is 14.3 Å². The average Bonchev–Trinajstić information content (AvgIpc) is 3.38. The van der Waals surface area contributed by atoms with E-state index in [1.54, 1.807) is 23.1 Å². The molecule has 4 rings (SSSR count). The van der Waals surface area contributed by atoms with E-state index in [-0.39, 0.29) is 11.5 Å². The Balaban J connectivity index is 1.43. The molecule has 1 amide bonds. The molecule has 2 aliphatic rings. The molecule has 1 aliphatic carbocycles. The molecule has 0 atom stereocenters. The smallest absolute Gasteiger partial charge is 0.276 e. The monoisotopic (exact) mass is 340 g/mol. The molecule has 25 heavy (non-hydrogen) atoms. The Bertz CT molecular complexity index is 845. The van der Waals surface area contributed by atoms with Gasteiger partial charge >= 0.3 is 0 Å². The van der Waals surface area contributed by atoms with E-state index < -0.39 is 5.82 Å². The van der Waals surface area contributed by atoms with Crippen molar-refractivity contribution >= 4 is 11.6 Å². The summed E-state index contributed by atoms with van der Waals surface area (Å²) in [5.41, 5.74) is 0.971. The first-order chi connectivity index (χ1) is 12.2. The van der Waals surface area contributed by atoms with Crippen molar-refractivity contribution in [1.29, 1.82) is 5.26 Å². The van der Waals surface area contributed by atoms with Gasteiger partial charge in [0, 0.05) is 38.2 Å². The Kier molecular flexibility index (Phi) is 3.88. The second kappa shape index (κ2) is 6.20. The van der Waals surface area contributed by atoms with Crippen LogP contribution in [0.2, 0.25) is 0 Å². The van der Waals surface area contributed by atoms with E-state index in [0.717, 1.165) is 18.6 Å². The molecule has 1 aromatic heterocycles. The van der Waals surface area contributed by atoms with Crippen LogP contribution >= 0.6 is 0 Å². The van der Waals surface area contributed by atoms with Crippen molar-refractivity contribution in [3.63, 3.8) is 0 Å². The lowest BCUT2D eigenvalue weighted by Gasteiger charge is -2.36. The van der Waals surface area contributed by atoms with Gasteiger partial charge in [0.2, 0.25) is 0 Å². The molecule has 1 aliphatic heterocycles. The largest absolute Gasteiger partial charge is 0.367 e. The molecule has 2 fully saturated rings. The maximum absolute atomic E-state index is 13.8. The second-order valence-corrected chi connectivity index (χ2v) is 6.41. The van der Waals surface area contributed by atoms with Gasteiger partial charge in [-0.2, -0.15) is 5.26 Å². The predicted molar refractivity (Wildman–Crippen MR) is 87.7 cm³/mol. The third-order valence-corrected chi connectivity index (χ3v) is 4.74. The summed E-state index contributed by atoms with van der Waals surface area (Å²) in [6, 6.07) is 8.27. The van der Waals surface area contributed by atoms with E-state index in [9.17, 15) is 14.4 Å². The highest BCUT2D eigenvalue weighted by molar-refractivity contribution is 5.92. The van der Waals surface area contributed by atoms with Gasteiger partial charge in [-0.05, 0) is 25.0 Å². The van der Waals surface area contributed by atoms with Crippen LogP contribution in [0.25, 0.3) is 0 Å². The number of nitriles is 1. The number of hydrogen-bond donors (Lipinski definition) is 0. The molecule has 1 saturated heterocycles. The number of nitrogens with zero attached hydrogens (tertiary/aromatic N) is 4. The fourth-order valence-electron chi connectivity index (χ4n) is 3.15. The molecule has 2 heterocycles. The van der Waals surface area contributed by atoms with E-state index in [0.29, 0.717) is 43.5 Å². The van der Waals surface area contributed by atoms with Crippen molar-refractivity contribution in [2.24, 2.45) is 0 Å². The highest BCUT2D eigenvalue weighted by Crippen LogP contribution is 2.40. The number of hydrogen-bond acceptors (Lipinski definition) is 5. The summed E-state index contributed by atoms with van der Waals surface area (Å²) in [5, 5.41) is 13.1. The number of piperazine rings is 1. The first-order valence-electron chi connectivity index (χ1n) is 8.37. The molecule has 1 saturated carbocycles. The first kappa shape index (κ1) is 15.6. The summed E-state index contributed by atoms with van der Waals surface area (Å²) in [7, 11) is 0. The fourth-order valence-corrected chi connectivity index (χ4v) is 3.15. The van der Waals surface area contributed by atoms with Crippen LogP contribution in [0.3, 0.4) is 0 Å². The van der Waals surface area contributed by atoms with Crippen LogP contribution in [-0.4, -0.2) is 42.1 Å². The first-order valence-corrected chi connectivity index (χ1v) is 8.37. The molecule has 0 bridgehead atoms. The van der Waals surface area contributed by atoms with Gasteiger partial charge in [0.05, 0.1) is 5.69 Å². The fraction of sp³-hybridized carbons (Fsp3) is 0.389. The molecule has 1 aromatic carbocycles. The van der Waals surface area contributed by atoms with Crippen molar-refractivity contribution in [1.82, 2.24) is 10.1 Å². The van der Waals surface area contributed by atoms with E-state index in [2.05, 4.69) is 5.16 Å². The minimum atomic E-state index is -0.520. The molecule has 0 unspecified atom stereocenters. The normalized spacial score (nSPS) is 17.4. The van der Waals surface area contributed by atoms with Gasteiger partial charge in [-0.3, -0.25) is 4.79 Å². The summed E-state index contributed by atoms with van der Waals surface area (Å²) in [6.45, 7) is 2.06. The van der Waals surface area contributed by atoms with Gasteiger partial charge in [0.15, 0.2) is 5.69 Å². The molecule has 0 N–H and O–H groups in total. The Morgan fingerprint density at radius 1 is 1.28 bits per heavy atom. The van der Waals surface area contributed by atoms with Crippen LogP contribution in [0.1, 0.15) is 40.6 Å². The summed E-state index contributed by atoms with van der Waals surface area (Å²) in [5.74, 6) is 0.549. The maximum Gasteiger partial charge on any atom is 0.276 e. The quantitative estimate of drug-likeness (QED) is 0.858. The van der Waals surface area contributed by atoms with Crippen molar-refractivity contribution in [3.05, 3.63) is 47.1 Å². The topological polar surface area (TPSA) is 73.4 Å². The van der Waals surface area contributed by atoms with E-state index >= 15 is 0 Å². The Hall–Kier alpha value is -2.88. The molecule has 7 heteroatoms. The van der Waals surface area contributed by atoms with Crippen molar-refractivity contribution in [3.8, 4) is 6.07 Å². The number of benzene rings is 1. The van der Waals surface area contributed by atoms with Gasteiger partial charge in [-0.25, -0.2) is 4.39 Å². The number of anilines is 1. The number of aromatic nitrogens is 1. The van der Waals surface area contributed by atoms with Gasteiger partial charge in [0.25, 0.3) is 5.91 Å². The van der Waals surface area contributed by atoms with Crippen LogP contribution in [0.5, 0.6) is 0 Å². The van der Waals surface area contributed by atoms with Crippen LogP contribution in [0.15, 0.2) is 28.8 Å².